The highest BCUT2D eigenvalue weighted by Gasteiger charge is 2.18. The van der Waals surface area contributed by atoms with E-state index in [1.165, 1.54) is 5.69 Å². The van der Waals surface area contributed by atoms with Crippen LogP contribution >= 0.6 is 0 Å². The van der Waals surface area contributed by atoms with E-state index in [1.54, 1.807) is 0 Å². The Balaban J connectivity index is 1.44. The van der Waals surface area contributed by atoms with Crippen molar-refractivity contribution in [2.45, 2.75) is 12.3 Å². The summed E-state index contributed by atoms with van der Waals surface area (Å²) in [6.45, 7) is 4.06. The van der Waals surface area contributed by atoms with Crippen molar-refractivity contribution >= 4 is 17.3 Å². The maximum Gasteiger partial charge on any atom is 0.225 e. The second-order valence-electron chi connectivity index (χ2n) is 7.41. The Morgan fingerprint density at radius 3 is 1.93 bits per heavy atom. The van der Waals surface area contributed by atoms with Gasteiger partial charge in [0, 0.05) is 49.9 Å². The Labute approximate surface area is 172 Å². The monoisotopic (exact) mass is 385 g/mol. The Kier molecular flexibility index (Phi) is 6.22. The fraction of sp³-hybridized carbons (Fsp3) is 0.240. The molecule has 3 aromatic rings. The molecule has 0 radical (unpaired) electrons. The van der Waals surface area contributed by atoms with Crippen LogP contribution in [0.15, 0.2) is 84.9 Å². The summed E-state index contributed by atoms with van der Waals surface area (Å²) < 4.78 is 0. The minimum absolute atomic E-state index is 0.0256. The number of benzene rings is 3. The fourth-order valence-electron chi connectivity index (χ4n) is 3.87. The van der Waals surface area contributed by atoms with E-state index in [1.807, 2.05) is 48.5 Å². The molecule has 1 saturated heterocycles. The molecule has 1 aliphatic heterocycles. The van der Waals surface area contributed by atoms with Crippen LogP contribution in [0.3, 0.4) is 0 Å². The molecular weight excluding hydrogens is 358 g/mol. The maximum absolute atomic E-state index is 12.8. The van der Waals surface area contributed by atoms with Crippen LogP contribution in [-0.2, 0) is 4.79 Å². The first-order valence-corrected chi connectivity index (χ1v) is 10.2. The molecule has 3 aromatic carbocycles. The molecule has 29 heavy (non-hydrogen) atoms. The lowest BCUT2D eigenvalue weighted by atomic mass is 9.88. The van der Waals surface area contributed by atoms with Crippen LogP contribution in [0.25, 0.3) is 0 Å². The molecule has 1 heterocycles. The number of carbonyl (C=O) groups is 1. The van der Waals surface area contributed by atoms with Gasteiger partial charge in [-0.1, -0.05) is 60.7 Å². The smallest absolute Gasteiger partial charge is 0.225 e. The Morgan fingerprint density at radius 2 is 1.38 bits per heavy atom. The molecule has 2 N–H and O–H groups in total. The quantitative estimate of drug-likeness (QED) is 0.666. The lowest BCUT2D eigenvalue weighted by molar-refractivity contribution is -0.116. The summed E-state index contributed by atoms with van der Waals surface area (Å²) in [6.07, 6.45) is 0.410. The summed E-state index contributed by atoms with van der Waals surface area (Å²) in [7, 11) is 0. The highest BCUT2D eigenvalue weighted by molar-refractivity contribution is 5.91. The number of rotatable bonds is 6. The molecule has 4 nitrogen and oxygen atoms in total. The van der Waals surface area contributed by atoms with Crippen LogP contribution in [0, 0.1) is 0 Å². The van der Waals surface area contributed by atoms with Crippen LogP contribution < -0.4 is 15.5 Å². The number of hydrogen-bond donors (Lipinski definition) is 2. The summed E-state index contributed by atoms with van der Waals surface area (Å²) in [5, 5.41) is 6.44. The van der Waals surface area contributed by atoms with Gasteiger partial charge < -0.3 is 15.5 Å². The van der Waals surface area contributed by atoms with E-state index in [4.69, 9.17) is 0 Å². The lowest BCUT2D eigenvalue weighted by Crippen LogP contribution is -2.43. The number of carbonyl (C=O) groups excluding carboxylic acids is 1. The van der Waals surface area contributed by atoms with Gasteiger partial charge in [-0.25, -0.2) is 0 Å². The molecule has 0 aliphatic carbocycles. The molecule has 0 bridgehead atoms. The van der Waals surface area contributed by atoms with E-state index in [2.05, 4.69) is 51.9 Å². The van der Waals surface area contributed by atoms with Gasteiger partial charge in [-0.05, 0) is 35.4 Å². The van der Waals surface area contributed by atoms with Gasteiger partial charge in [0.25, 0.3) is 0 Å². The Hall–Kier alpha value is -3.11. The molecule has 1 aliphatic rings. The number of amides is 1. The Bertz CT molecular complexity index is 864. The predicted octanol–water partition coefficient (Wildman–Crippen LogP) is 4.26. The van der Waals surface area contributed by atoms with E-state index in [0.29, 0.717) is 6.42 Å². The normalized spacial score (nSPS) is 14.0. The van der Waals surface area contributed by atoms with Gasteiger partial charge in [0.15, 0.2) is 0 Å². The van der Waals surface area contributed by atoms with E-state index in [9.17, 15) is 4.79 Å². The molecule has 148 valence electrons. The molecule has 0 aromatic heterocycles. The largest absolute Gasteiger partial charge is 0.369 e. The zero-order valence-electron chi connectivity index (χ0n) is 16.6. The minimum Gasteiger partial charge on any atom is -0.369 e. The Morgan fingerprint density at radius 1 is 0.828 bits per heavy atom. The van der Waals surface area contributed by atoms with Gasteiger partial charge in [0.05, 0.1) is 0 Å². The van der Waals surface area contributed by atoms with Crippen molar-refractivity contribution in [2.24, 2.45) is 0 Å². The van der Waals surface area contributed by atoms with Gasteiger partial charge in [-0.15, -0.1) is 0 Å². The van der Waals surface area contributed by atoms with Crippen molar-refractivity contribution in [1.82, 2.24) is 5.32 Å². The van der Waals surface area contributed by atoms with Crippen molar-refractivity contribution in [3.63, 3.8) is 0 Å². The number of anilines is 2. The van der Waals surface area contributed by atoms with Crippen LogP contribution in [0.5, 0.6) is 0 Å². The molecule has 0 atom stereocenters. The number of nitrogens with one attached hydrogen (secondary N) is 2. The summed E-state index contributed by atoms with van der Waals surface area (Å²) >= 11 is 0. The predicted molar refractivity (Wildman–Crippen MR) is 119 cm³/mol. The zero-order chi connectivity index (χ0) is 19.9. The van der Waals surface area contributed by atoms with Crippen LogP contribution in [0.4, 0.5) is 11.4 Å². The number of nitrogens with zero attached hydrogens (tertiary/aromatic N) is 1. The van der Waals surface area contributed by atoms with Crippen molar-refractivity contribution in [2.75, 3.05) is 36.4 Å². The molecule has 4 rings (SSSR count). The molecular formula is C25H27N3O. The molecule has 1 amide bonds. The van der Waals surface area contributed by atoms with E-state index < -0.39 is 0 Å². The van der Waals surface area contributed by atoms with Gasteiger partial charge in [-0.2, -0.15) is 0 Å². The second-order valence-corrected chi connectivity index (χ2v) is 7.41. The second kappa shape index (κ2) is 9.39. The van der Waals surface area contributed by atoms with Gasteiger partial charge in [0.2, 0.25) is 5.91 Å². The van der Waals surface area contributed by atoms with E-state index in [0.717, 1.165) is 43.0 Å². The van der Waals surface area contributed by atoms with Gasteiger partial charge in [0.1, 0.15) is 0 Å². The van der Waals surface area contributed by atoms with Crippen molar-refractivity contribution < 1.29 is 4.79 Å². The fourth-order valence-corrected chi connectivity index (χ4v) is 3.87. The number of hydrogen-bond acceptors (Lipinski definition) is 3. The summed E-state index contributed by atoms with van der Waals surface area (Å²) in [6, 6.07) is 28.6. The molecule has 1 fully saturated rings. The number of piperazine rings is 1. The van der Waals surface area contributed by atoms with Gasteiger partial charge in [-0.3, -0.25) is 4.79 Å². The summed E-state index contributed by atoms with van der Waals surface area (Å²) in [5.74, 6) is 0.0650. The maximum atomic E-state index is 12.8. The van der Waals surface area contributed by atoms with Crippen molar-refractivity contribution in [1.29, 1.82) is 0 Å². The molecule has 4 heteroatoms. The standard InChI is InChI=1S/C25H27N3O/c29-25(27-22-11-13-23(14-12-22)28-17-15-26-16-18-28)19-24(20-7-3-1-4-8-20)21-9-5-2-6-10-21/h1-14,24,26H,15-19H2,(H,27,29). The third kappa shape index (κ3) is 5.04. The summed E-state index contributed by atoms with van der Waals surface area (Å²) in [4.78, 5) is 15.2. The molecule has 0 unspecified atom stereocenters. The lowest BCUT2D eigenvalue weighted by Gasteiger charge is -2.29. The average molecular weight is 386 g/mol. The van der Waals surface area contributed by atoms with Crippen LogP contribution in [0.1, 0.15) is 23.5 Å². The van der Waals surface area contributed by atoms with Crippen molar-refractivity contribution in [3.05, 3.63) is 96.1 Å². The van der Waals surface area contributed by atoms with Crippen LogP contribution in [0.2, 0.25) is 0 Å². The highest BCUT2D eigenvalue weighted by Crippen LogP contribution is 2.28. The first-order valence-electron chi connectivity index (χ1n) is 10.2. The van der Waals surface area contributed by atoms with E-state index >= 15 is 0 Å². The first kappa shape index (κ1) is 19.2. The first-order chi connectivity index (χ1) is 14.3. The zero-order valence-corrected chi connectivity index (χ0v) is 16.6. The molecule has 0 spiro atoms. The van der Waals surface area contributed by atoms with Gasteiger partial charge >= 0.3 is 0 Å². The third-order valence-corrected chi connectivity index (χ3v) is 5.43. The SMILES string of the molecule is O=C(CC(c1ccccc1)c1ccccc1)Nc1ccc(N2CCNCC2)cc1. The average Bonchev–Trinajstić information content (AvgIpc) is 2.80. The topological polar surface area (TPSA) is 44.4 Å². The van der Waals surface area contributed by atoms with E-state index in [-0.39, 0.29) is 11.8 Å². The third-order valence-electron chi connectivity index (χ3n) is 5.43. The minimum atomic E-state index is 0.0256. The van der Waals surface area contributed by atoms with Crippen molar-refractivity contribution in [3.8, 4) is 0 Å². The summed E-state index contributed by atoms with van der Waals surface area (Å²) in [5.41, 5.74) is 4.36. The van der Waals surface area contributed by atoms with Crippen LogP contribution in [-0.4, -0.2) is 32.1 Å². The molecule has 0 saturated carbocycles. The highest BCUT2D eigenvalue weighted by atomic mass is 16.1.